The van der Waals surface area contributed by atoms with Gasteiger partial charge in [-0.25, -0.2) is 0 Å². The Kier molecular flexibility index (Phi) is 9.11. The first kappa shape index (κ1) is 18.2. The molecule has 0 heteroatoms. The Morgan fingerprint density at radius 2 is 1.40 bits per heavy atom. The van der Waals surface area contributed by atoms with Crippen LogP contribution >= 0.6 is 0 Å². The first-order chi connectivity index (χ1) is 9.15. The normalized spacial score (nSPS) is 10.6. The summed E-state index contributed by atoms with van der Waals surface area (Å²) in [6.07, 6.45) is 1.23. The molecule has 0 radical (unpaired) electrons. The average Bonchev–Trinajstić information content (AvgIpc) is 2.49. The van der Waals surface area contributed by atoms with Crippen LogP contribution in [0.15, 0.2) is 67.2 Å². The van der Waals surface area contributed by atoms with Crippen molar-refractivity contribution in [3.63, 3.8) is 0 Å². The van der Waals surface area contributed by atoms with Crippen molar-refractivity contribution >= 4 is 5.57 Å². The van der Waals surface area contributed by atoms with Crippen molar-refractivity contribution in [2.75, 3.05) is 0 Å². The third kappa shape index (κ3) is 6.38. The van der Waals surface area contributed by atoms with E-state index in [0.29, 0.717) is 5.92 Å². The van der Waals surface area contributed by atoms with E-state index in [9.17, 15) is 0 Å². The maximum absolute atomic E-state index is 3.83. The molecule has 0 saturated heterocycles. The van der Waals surface area contributed by atoms with E-state index in [4.69, 9.17) is 0 Å². The van der Waals surface area contributed by atoms with Crippen LogP contribution in [0.4, 0.5) is 0 Å². The summed E-state index contributed by atoms with van der Waals surface area (Å²) in [7, 11) is 0. The van der Waals surface area contributed by atoms with Gasteiger partial charge in [0.05, 0.1) is 0 Å². The van der Waals surface area contributed by atoms with Gasteiger partial charge < -0.3 is 0 Å². The van der Waals surface area contributed by atoms with Crippen molar-refractivity contribution in [2.24, 2.45) is 0 Å². The number of allylic oxidation sites excluding steroid dienone is 1. The topological polar surface area (TPSA) is 0 Å². The van der Waals surface area contributed by atoms with Gasteiger partial charge in [-0.1, -0.05) is 94.1 Å². The molecule has 2 aromatic rings. The van der Waals surface area contributed by atoms with E-state index in [0.717, 1.165) is 5.57 Å². The van der Waals surface area contributed by atoms with Crippen LogP contribution in [0.25, 0.3) is 5.57 Å². The van der Waals surface area contributed by atoms with Crippen molar-refractivity contribution < 1.29 is 0 Å². The lowest BCUT2D eigenvalue weighted by molar-refractivity contribution is 0.733. The van der Waals surface area contributed by atoms with E-state index in [1.54, 1.807) is 0 Å². The van der Waals surface area contributed by atoms with Crippen LogP contribution < -0.4 is 0 Å². The Morgan fingerprint density at radius 1 is 0.950 bits per heavy atom. The SMILES string of the molecule is C.C=C(C)c1ccccc1.CCC(C)c1ccccc1. The van der Waals surface area contributed by atoms with E-state index < -0.39 is 0 Å². The molecule has 0 fully saturated rings. The molecule has 2 aromatic carbocycles. The van der Waals surface area contributed by atoms with Crippen LogP contribution in [0.5, 0.6) is 0 Å². The van der Waals surface area contributed by atoms with Gasteiger partial charge in [0.1, 0.15) is 0 Å². The number of rotatable bonds is 3. The molecule has 0 nitrogen and oxygen atoms in total. The fourth-order valence-electron chi connectivity index (χ4n) is 1.74. The molecular weight excluding hydrogens is 240 g/mol. The lowest BCUT2D eigenvalue weighted by atomic mass is 9.99. The maximum atomic E-state index is 3.83. The molecule has 0 saturated carbocycles. The van der Waals surface area contributed by atoms with E-state index in [-0.39, 0.29) is 7.43 Å². The van der Waals surface area contributed by atoms with Crippen LogP contribution in [0, 0.1) is 0 Å². The second-order valence-electron chi connectivity index (χ2n) is 4.87. The molecule has 1 unspecified atom stereocenters. The lowest BCUT2D eigenvalue weighted by Crippen LogP contribution is -1.88. The Labute approximate surface area is 125 Å². The van der Waals surface area contributed by atoms with Gasteiger partial charge in [-0.05, 0) is 30.4 Å². The molecule has 20 heavy (non-hydrogen) atoms. The fraction of sp³-hybridized carbons (Fsp3) is 0.300. The van der Waals surface area contributed by atoms with Gasteiger partial charge in [0, 0.05) is 0 Å². The summed E-state index contributed by atoms with van der Waals surface area (Å²) in [5.41, 5.74) is 3.79. The molecule has 108 valence electrons. The summed E-state index contributed by atoms with van der Waals surface area (Å²) in [5.74, 6) is 0.709. The minimum absolute atomic E-state index is 0. The van der Waals surface area contributed by atoms with E-state index in [2.05, 4.69) is 62.9 Å². The Hall–Kier alpha value is -1.82. The molecule has 0 aliphatic heterocycles. The Bertz CT molecular complexity index is 468. The van der Waals surface area contributed by atoms with Gasteiger partial charge in [-0.2, -0.15) is 0 Å². The zero-order chi connectivity index (χ0) is 14.1. The fourth-order valence-corrected chi connectivity index (χ4v) is 1.74. The molecule has 0 N–H and O–H groups in total. The van der Waals surface area contributed by atoms with Crippen LogP contribution in [-0.2, 0) is 0 Å². The van der Waals surface area contributed by atoms with Crippen molar-refractivity contribution in [3.05, 3.63) is 78.4 Å². The number of benzene rings is 2. The molecule has 0 aliphatic carbocycles. The first-order valence-electron chi connectivity index (χ1n) is 6.91. The molecular formula is C20H28. The van der Waals surface area contributed by atoms with Gasteiger partial charge in [-0.3, -0.25) is 0 Å². The summed E-state index contributed by atoms with van der Waals surface area (Å²) in [6.45, 7) is 10.3. The summed E-state index contributed by atoms with van der Waals surface area (Å²) >= 11 is 0. The molecule has 2 rings (SSSR count). The van der Waals surface area contributed by atoms with Gasteiger partial charge in [0.15, 0.2) is 0 Å². The highest BCUT2D eigenvalue weighted by molar-refractivity contribution is 5.60. The molecule has 0 spiro atoms. The highest BCUT2D eigenvalue weighted by Crippen LogP contribution is 2.16. The van der Waals surface area contributed by atoms with Gasteiger partial charge >= 0.3 is 0 Å². The van der Waals surface area contributed by atoms with E-state index >= 15 is 0 Å². The standard InChI is InChI=1S/C10H14.C9H10.CH4/c1-3-9(2)10-7-5-4-6-8-10;1-8(2)9-6-4-3-5-7-9;/h4-9H,3H2,1-2H3;3-7H,1H2,2H3;1H4. The zero-order valence-electron chi connectivity index (χ0n) is 12.3. The van der Waals surface area contributed by atoms with Gasteiger partial charge in [0.25, 0.3) is 0 Å². The smallest absolute Gasteiger partial charge is 0.0193 e. The summed E-state index contributed by atoms with van der Waals surface area (Å²) < 4.78 is 0. The summed E-state index contributed by atoms with van der Waals surface area (Å²) in [6, 6.07) is 20.8. The second-order valence-corrected chi connectivity index (χ2v) is 4.87. The van der Waals surface area contributed by atoms with Crippen LogP contribution in [0.2, 0.25) is 0 Å². The highest BCUT2D eigenvalue weighted by Gasteiger charge is 1.98. The molecule has 0 amide bonds. The lowest BCUT2D eigenvalue weighted by Gasteiger charge is -2.06. The van der Waals surface area contributed by atoms with Crippen molar-refractivity contribution in [3.8, 4) is 0 Å². The predicted octanol–water partition coefficient (Wildman–Crippen LogP) is 6.56. The molecule has 0 bridgehead atoms. The Morgan fingerprint density at radius 3 is 1.75 bits per heavy atom. The number of hydrogen-bond donors (Lipinski definition) is 0. The average molecular weight is 268 g/mol. The molecule has 1 atom stereocenters. The van der Waals surface area contributed by atoms with Crippen LogP contribution in [0.1, 0.15) is 51.7 Å². The molecule has 0 heterocycles. The van der Waals surface area contributed by atoms with E-state index in [1.165, 1.54) is 17.5 Å². The third-order valence-electron chi connectivity index (χ3n) is 3.25. The first-order valence-corrected chi connectivity index (χ1v) is 6.91. The minimum Gasteiger partial charge on any atom is -0.0955 e. The molecule has 0 aliphatic rings. The van der Waals surface area contributed by atoms with Gasteiger partial charge in [0.2, 0.25) is 0 Å². The predicted molar refractivity (Wildman–Crippen MR) is 93.0 cm³/mol. The maximum Gasteiger partial charge on any atom is -0.0193 e. The summed E-state index contributed by atoms with van der Waals surface area (Å²) in [5, 5.41) is 0. The Balaban J connectivity index is 0.000000345. The van der Waals surface area contributed by atoms with Crippen molar-refractivity contribution in [1.29, 1.82) is 0 Å². The van der Waals surface area contributed by atoms with Crippen molar-refractivity contribution in [2.45, 2.75) is 40.5 Å². The second kappa shape index (κ2) is 10.0. The largest absolute Gasteiger partial charge is 0.0955 e. The monoisotopic (exact) mass is 268 g/mol. The summed E-state index contributed by atoms with van der Waals surface area (Å²) in [4.78, 5) is 0. The quantitative estimate of drug-likeness (QED) is 0.591. The van der Waals surface area contributed by atoms with Crippen LogP contribution in [0.3, 0.4) is 0 Å². The van der Waals surface area contributed by atoms with Crippen molar-refractivity contribution in [1.82, 2.24) is 0 Å². The highest BCUT2D eigenvalue weighted by atomic mass is 14.0. The minimum atomic E-state index is 0. The molecule has 0 aromatic heterocycles. The van der Waals surface area contributed by atoms with E-state index in [1.807, 2.05) is 25.1 Å². The van der Waals surface area contributed by atoms with Crippen LogP contribution in [-0.4, -0.2) is 0 Å². The zero-order valence-corrected chi connectivity index (χ0v) is 12.3. The van der Waals surface area contributed by atoms with Gasteiger partial charge in [-0.15, -0.1) is 0 Å². The third-order valence-corrected chi connectivity index (χ3v) is 3.25. The number of hydrogen-bond acceptors (Lipinski definition) is 0.